The van der Waals surface area contributed by atoms with Crippen molar-refractivity contribution in [1.82, 2.24) is 0 Å². The molecular weight excluding hydrogens is 208 g/mol. The molecule has 0 spiro atoms. The van der Waals surface area contributed by atoms with E-state index in [2.05, 4.69) is 0 Å². The third kappa shape index (κ3) is 1.92. The molecular formula is C12H12O2S. The van der Waals surface area contributed by atoms with Crippen LogP contribution in [-0.4, -0.2) is 19.1 Å². The zero-order valence-electron chi connectivity index (χ0n) is 8.47. The van der Waals surface area contributed by atoms with Crippen LogP contribution in [0.1, 0.15) is 10.8 Å². The molecule has 0 aromatic heterocycles. The van der Waals surface area contributed by atoms with Crippen molar-refractivity contribution < 1.29 is 9.53 Å². The van der Waals surface area contributed by atoms with Crippen LogP contribution in [-0.2, 0) is 4.79 Å². The smallest absolute Gasteiger partial charge is 0.147 e. The van der Waals surface area contributed by atoms with Crippen molar-refractivity contribution in [3.63, 3.8) is 0 Å². The second kappa shape index (κ2) is 4.53. The Balaban J connectivity index is 2.37. The molecule has 3 heteroatoms. The van der Waals surface area contributed by atoms with E-state index in [1.54, 1.807) is 18.9 Å². The van der Waals surface area contributed by atoms with E-state index in [1.807, 2.05) is 30.3 Å². The molecule has 0 bridgehead atoms. The van der Waals surface area contributed by atoms with Gasteiger partial charge in [0.25, 0.3) is 0 Å². The van der Waals surface area contributed by atoms with Gasteiger partial charge in [-0.3, -0.25) is 4.79 Å². The SMILES string of the molecule is COc1ccccc1C1SCC=C1C=O. The summed E-state index contributed by atoms with van der Waals surface area (Å²) in [7, 11) is 1.66. The molecule has 15 heavy (non-hydrogen) atoms. The van der Waals surface area contributed by atoms with Gasteiger partial charge < -0.3 is 4.74 Å². The maximum absolute atomic E-state index is 10.9. The Bertz CT molecular complexity index is 398. The second-order valence-corrected chi connectivity index (χ2v) is 4.42. The normalized spacial score (nSPS) is 19.8. The van der Waals surface area contributed by atoms with Gasteiger partial charge in [0.2, 0.25) is 0 Å². The second-order valence-electron chi connectivity index (χ2n) is 3.28. The quantitative estimate of drug-likeness (QED) is 0.732. The minimum Gasteiger partial charge on any atom is -0.496 e. The maximum Gasteiger partial charge on any atom is 0.147 e. The lowest BCUT2D eigenvalue weighted by molar-refractivity contribution is -0.105. The molecule has 2 nitrogen and oxygen atoms in total. The summed E-state index contributed by atoms with van der Waals surface area (Å²) in [6.45, 7) is 0. The minimum absolute atomic E-state index is 0.138. The van der Waals surface area contributed by atoms with Crippen LogP contribution in [0.15, 0.2) is 35.9 Å². The fraction of sp³-hybridized carbons (Fsp3) is 0.250. The number of ether oxygens (including phenoxy) is 1. The average molecular weight is 220 g/mol. The molecule has 1 unspecified atom stereocenters. The van der Waals surface area contributed by atoms with Gasteiger partial charge in [-0.2, -0.15) is 0 Å². The molecule has 0 aliphatic carbocycles. The Labute approximate surface area is 93.3 Å². The fourth-order valence-corrected chi connectivity index (χ4v) is 2.91. The highest BCUT2D eigenvalue weighted by molar-refractivity contribution is 8.00. The molecule has 78 valence electrons. The Hall–Kier alpha value is -1.22. The molecule has 1 aliphatic rings. The lowest BCUT2D eigenvalue weighted by Gasteiger charge is -2.14. The summed E-state index contributed by atoms with van der Waals surface area (Å²) in [4.78, 5) is 10.9. The minimum atomic E-state index is 0.138. The number of carbonyl (C=O) groups is 1. The van der Waals surface area contributed by atoms with E-state index >= 15 is 0 Å². The summed E-state index contributed by atoms with van der Waals surface area (Å²) in [6, 6.07) is 7.85. The first kappa shape index (κ1) is 10.3. The zero-order chi connectivity index (χ0) is 10.7. The van der Waals surface area contributed by atoms with Gasteiger partial charge in [-0.1, -0.05) is 24.3 Å². The van der Waals surface area contributed by atoms with Gasteiger partial charge in [0.05, 0.1) is 12.4 Å². The van der Waals surface area contributed by atoms with Crippen molar-refractivity contribution in [2.24, 2.45) is 0 Å². The molecule has 1 aliphatic heterocycles. The van der Waals surface area contributed by atoms with Crippen LogP contribution in [0.5, 0.6) is 5.75 Å². The van der Waals surface area contributed by atoms with Gasteiger partial charge >= 0.3 is 0 Å². The summed E-state index contributed by atoms with van der Waals surface area (Å²) in [5, 5.41) is 0.138. The summed E-state index contributed by atoms with van der Waals surface area (Å²) in [6.07, 6.45) is 2.92. The number of thioether (sulfide) groups is 1. The van der Waals surface area contributed by atoms with Gasteiger partial charge in [0.1, 0.15) is 12.0 Å². The molecule has 0 saturated carbocycles. The lowest BCUT2D eigenvalue weighted by Crippen LogP contribution is -1.98. The van der Waals surface area contributed by atoms with Crippen LogP contribution in [0, 0.1) is 0 Å². The van der Waals surface area contributed by atoms with E-state index in [9.17, 15) is 4.79 Å². The first-order valence-corrected chi connectivity index (χ1v) is 5.81. The Morgan fingerprint density at radius 3 is 3.00 bits per heavy atom. The predicted octanol–water partition coefficient (Wildman–Crippen LogP) is 2.61. The molecule has 1 aromatic carbocycles. The Kier molecular flexibility index (Phi) is 3.11. The van der Waals surface area contributed by atoms with Crippen LogP contribution in [0.2, 0.25) is 0 Å². The summed E-state index contributed by atoms with van der Waals surface area (Å²) < 4.78 is 5.29. The highest BCUT2D eigenvalue weighted by atomic mass is 32.2. The third-order valence-corrected chi connectivity index (χ3v) is 3.66. The Morgan fingerprint density at radius 2 is 2.27 bits per heavy atom. The van der Waals surface area contributed by atoms with E-state index < -0.39 is 0 Å². The van der Waals surface area contributed by atoms with Gasteiger partial charge in [-0.25, -0.2) is 0 Å². The highest BCUT2D eigenvalue weighted by Gasteiger charge is 2.23. The standard InChI is InChI=1S/C12H12O2S/c1-14-11-5-3-2-4-10(11)12-9(8-13)6-7-15-12/h2-6,8,12H,7H2,1H3. The first-order valence-electron chi connectivity index (χ1n) is 4.76. The van der Waals surface area contributed by atoms with Crippen LogP contribution in [0.3, 0.4) is 0 Å². The van der Waals surface area contributed by atoms with Crippen molar-refractivity contribution in [3.8, 4) is 5.75 Å². The molecule has 0 saturated heterocycles. The van der Waals surface area contributed by atoms with Crippen LogP contribution >= 0.6 is 11.8 Å². The summed E-state index contributed by atoms with van der Waals surface area (Å²) in [5.74, 6) is 1.75. The Morgan fingerprint density at radius 1 is 1.47 bits per heavy atom. The fourth-order valence-electron chi connectivity index (χ4n) is 1.71. The molecule has 0 N–H and O–H groups in total. The molecule has 0 radical (unpaired) electrons. The molecule has 1 aromatic rings. The largest absolute Gasteiger partial charge is 0.496 e. The van der Waals surface area contributed by atoms with Crippen LogP contribution < -0.4 is 4.74 Å². The van der Waals surface area contributed by atoms with Crippen molar-refractivity contribution in [2.45, 2.75) is 5.25 Å². The number of benzene rings is 1. The topological polar surface area (TPSA) is 26.3 Å². The number of rotatable bonds is 3. The van der Waals surface area contributed by atoms with Crippen molar-refractivity contribution in [1.29, 1.82) is 0 Å². The number of hydrogen-bond donors (Lipinski definition) is 0. The molecule has 0 amide bonds. The molecule has 0 fully saturated rings. The third-order valence-electron chi connectivity index (χ3n) is 2.44. The van der Waals surface area contributed by atoms with E-state index in [-0.39, 0.29) is 5.25 Å². The monoisotopic (exact) mass is 220 g/mol. The van der Waals surface area contributed by atoms with Gasteiger partial charge in [0, 0.05) is 16.9 Å². The number of aldehydes is 1. The molecule has 2 rings (SSSR count). The van der Waals surface area contributed by atoms with E-state index in [4.69, 9.17) is 4.74 Å². The van der Waals surface area contributed by atoms with E-state index in [0.717, 1.165) is 28.9 Å². The van der Waals surface area contributed by atoms with Gasteiger partial charge in [-0.15, -0.1) is 11.8 Å². The van der Waals surface area contributed by atoms with E-state index in [1.165, 1.54) is 0 Å². The highest BCUT2D eigenvalue weighted by Crippen LogP contribution is 2.43. The summed E-state index contributed by atoms with van der Waals surface area (Å²) >= 11 is 1.75. The van der Waals surface area contributed by atoms with Crippen molar-refractivity contribution in [2.75, 3.05) is 12.9 Å². The number of methoxy groups -OCH3 is 1. The van der Waals surface area contributed by atoms with E-state index in [0.29, 0.717) is 0 Å². The summed E-state index contributed by atoms with van der Waals surface area (Å²) in [5.41, 5.74) is 1.94. The maximum atomic E-state index is 10.9. The number of carbonyl (C=O) groups excluding carboxylic acids is 1. The average Bonchev–Trinajstić information content (AvgIpc) is 2.76. The zero-order valence-corrected chi connectivity index (χ0v) is 9.29. The van der Waals surface area contributed by atoms with Crippen molar-refractivity contribution >= 4 is 18.0 Å². The number of hydrogen-bond acceptors (Lipinski definition) is 3. The first-order chi connectivity index (χ1) is 7.36. The van der Waals surface area contributed by atoms with Crippen molar-refractivity contribution in [3.05, 3.63) is 41.5 Å². The lowest BCUT2D eigenvalue weighted by atomic mass is 10.0. The van der Waals surface area contributed by atoms with Gasteiger partial charge in [0.15, 0.2) is 0 Å². The molecule has 1 atom stereocenters. The molecule has 1 heterocycles. The predicted molar refractivity (Wildman–Crippen MR) is 62.3 cm³/mol. The van der Waals surface area contributed by atoms with Crippen LogP contribution in [0.25, 0.3) is 0 Å². The number of para-hydroxylation sites is 1. The van der Waals surface area contributed by atoms with Gasteiger partial charge in [-0.05, 0) is 6.07 Å². The van der Waals surface area contributed by atoms with Crippen LogP contribution in [0.4, 0.5) is 0 Å².